The predicted octanol–water partition coefficient (Wildman–Crippen LogP) is 4.39. The number of carbonyl (C=O) groups is 2. The van der Waals surface area contributed by atoms with E-state index in [0.29, 0.717) is 18.0 Å². The molecular weight excluding hydrogens is 444 g/mol. The zero-order chi connectivity index (χ0) is 26.5. The van der Waals surface area contributed by atoms with Crippen LogP contribution in [0.4, 0.5) is 0 Å². The van der Waals surface area contributed by atoms with Crippen LogP contribution in [0.15, 0.2) is 40.1 Å². The number of aryl methyl sites for hydroxylation is 1. The number of hydrogen-bond acceptors (Lipinski definition) is 6. The minimum absolute atomic E-state index is 0.0597. The molecule has 0 radical (unpaired) electrons. The first-order chi connectivity index (χ1) is 16.2. The van der Waals surface area contributed by atoms with Gasteiger partial charge in [0.05, 0.1) is 30.1 Å². The van der Waals surface area contributed by atoms with Crippen LogP contribution in [0.3, 0.4) is 0 Å². The van der Waals surface area contributed by atoms with Crippen molar-refractivity contribution in [2.45, 2.75) is 86.5 Å². The normalized spacial score (nSPS) is 34.1. The van der Waals surface area contributed by atoms with E-state index in [1.807, 2.05) is 45.9 Å². The Hall–Kier alpha value is -2.51. The number of carbonyl (C=O) groups excluding carboxylic acids is 2. The van der Waals surface area contributed by atoms with Gasteiger partial charge in [-0.05, 0) is 43.8 Å². The highest BCUT2D eigenvalue weighted by Gasteiger charge is 2.42. The van der Waals surface area contributed by atoms with E-state index in [0.717, 1.165) is 11.1 Å². The third-order valence-corrected chi connectivity index (χ3v) is 7.12. The predicted molar refractivity (Wildman–Crippen MR) is 137 cm³/mol. The SMILES string of the molecule is CC1=C/[C@H](C)[C@@H](/C(C)=C/c2coc(C)n2)NC(=O)C[C@H](O)C(C)(C)C(=O)[C@H](C)[C@@H](O)[C@@H](C)C\C=C\1. The Morgan fingerprint density at radius 2 is 1.86 bits per heavy atom. The van der Waals surface area contributed by atoms with Crippen molar-refractivity contribution in [2.75, 3.05) is 0 Å². The fourth-order valence-electron chi connectivity index (χ4n) is 4.67. The summed E-state index contributed by atoms with van der Waals surface area (Å²) in [4.78, 5) is 30.6. The Morgan fingerprint density at radius 1 is 1.20 bits per heavy atom. The van der Waals surface area contributed by atoms with E-state index in [9.17, 15) is 19.8 Å². The van der Waals surface area contributed by atoms with Crippen molar-refractivity contribution in [3.63, 3.8) is 0 Å². The average Bonchev–Trinajstić information content (AvgIpc) is 3.19. The van der Waals surface area contributed by atoms with Crippen molar-refractivity contribution in [2.24, 2.45) is 23.2 Å². The largest absolute Gasteiger partial charge is 0.449 e. The van der Waals surface area contributed by atoms with Gasteiger partial charge in [0.25, 0.3) is 0 Å². The van der Waals surface area contributed by atoms with Crippen LogP contribution in [0.5, 0.6) is 0 Å². The van der Waals surface area contributed by atoms with Gasteiger partial charge < -0.3 is 19.9 Å². The molecule has 3 N–H and O–H groups in total. The van der Waals surface area contributed by atoms with Crippen LogP contribution >= 0.6 is 0 Å². The summed E-state index contributed by atoms with van der Waals surface area (Å²) in [5.41, 5.74) is 1.40. The lowest BCUT2D eigenvalue weighted by molar-refractivity contribution is -0.143. The van der Waals surface area contributed by atoms with Gasteiger partial charge in [-0.1, -0.05) is 58.4 Å². The maximum atomic E-state index is 13.2. The third-order valence-electron chi connectivity index (χ3n) is 7.12. The van der Waals surface area contributed by atoms with Gasteiger partial charge in [-0.3, -0.25) is 9.59 Å². The Labute approximate surface area is 209 Å². The van der Waals surface area contributed by atoms with Gasteiger partial charge in [0.2, 0.25) is 5.91 Å². The van der Waals surface area contributed by atoms with E-state index in [1.54, 1.807) is 34.0 Å². The summed E-state index contributed by atoms with van der Waals surface area (Å²) in [5, 5.41) is 24.7. The van der Waals surface area contributed by atoms with Crippen molar-refractivity contribution in [1.29, 1.82) is 0 Å². The molecule has 7 nitrogen and oxygen atoms in total. The number of amides is 1. The van der Waals surface area contributed by atoms with Gasteiger partial charge in [-0.15, -0.1) is 0 Å². The molecule has 0 aromatic carbocycles. The molecule has 35 heavy (non-hydrogen) atoms. The quantitative estimate of drug-likeness (QED) is 0.571. The van der Waals surface area contributed by atoms with Gasteiger partial charge in [0.15, 0.2) is 5.89 Å². The number of aliphatic hydroxyl groups excluding tert-OH is 2. The maximum Gasteiger partial charge on any atom is 0.223 e. The highest BCUT2D eigenvalue weighted by atomic mass is 16.3. The van der Waals surface area contributed by atoms with Crippen molar-refractivity contribution in [3.05, 3.63) is 47.2 Å². The first kappa shape index (κ1) is 28.7. The van der Waals surface area contributed by atoms with Gasteiger partial charge in [0, 0.05) is 12.8 Å². The van der Waals surface area contributed by atoms with Crippen LogP contribution in [0, 0.1) is 30.1 Å². The molecule has 2 rings (SSSR count). The summed E-state index contributed by atoms with van der Waals surface area (Å²) >= 11 is 0. The molecule has 0 spiro atoms. The topological polar surface area (TPSA) is 113 Å². The summed E-state index contributed by atoms with van der Waals surface area (Å²) in [5.74, 6) is -0.914. The third kappa shape index (κ3) is 7.48. The highest BCUT2D eigenvalue weighted by Crippen LogP contribution is 2.31. The van der Waals surface area contributed by atoms with Crippen LogP contribution in [0.2, 0.25) is 0 Å². The summed E-state index contributed by atoms with van der Waals surface area (Å²) < 4.78 is 5.30. The second-order valence-electron chi connectivity index (χ2n) is 10.7. The van der Waals surface area contributed by atoms with E-state index in [1.165, 1.54) is 0 Å². The monoisotopic (exact) mass is 486 g/mol. The van der Waals surface area contributed by atoms with Crippen molar-refractivity contribution >= 4 is 17.8 Å². The molecule has 0 bridgehead atoms. The van der Waals surface area contributed by atoms with Gasteiger partial charge in [0.1, 0.15) is 17.7 Å². The first-order valence-electron chi connectivity index (χ1n) is 12.4. The van der Waals surface area contributed by atoms with Gasteiger partial charge in [-0.25, -0.2) is 4.98 Å². The summed E-state index contributed by atoms with van der Waals surface area (Å²) in [6.07, 6.45) is 7.90. The van der Waals surface area contributed by atoms with Crippen molar-refractivity contribution in [1.82, 2.24) is 10.3 Å². The molecule has 1 aliphatic rings. The molecule has 0 fully saturated rings. The average molecular weight is 487 g/mol. The number of ketones is 1. The summed E-state index contributed by atoms with van der Waals surface area (Å²) in [6, 6.07) is -0.346. The Bertz CT molecular complexity index is 987. The molecule has 0 aliphatic carbocycles. The van der Waals surface area contributed by atoms with E-state index >= 15 is 0 Å². The van der Waals surface area contributed by atoms with Crippen LogP contribution < -0.4 is 5.32 Å². The molecule has 1 aromatic heterocycles. The Balaban J connectivity index is 2.45. The minimum atomic E-state index is -1.19. The molecule has 6 atom stereocenters. The fraction of sp³-hybridized carbons (Fsp3) is 0.607. The smallest absolute Gasteiger partial charge is 0.223 e. The van der Waals surface area contributed by atoms with Crippen LogP contribution in [0.1, 0.15) is 72.9 Å². The van der Waals surface area contributed by atoms with E-state index in [-0.39, 0.29) is 36.0 Å². The number of nitrogens with one attached hydrogen (secondary N) is 1. The summed E-state index contributed by atoms with van der Waals surface area (Å²) in [7, 11) is 0. The van der Waals surface area contributed by atoms with E-state index in [4.69, 9.17) is 4.42 Å². The number of allylic oxidation sites excluding steroid dienone is 3. The van der Waals surface area contributed by atoms with Crippen molar-refractivity contribution in [3.8, 4) is 0 Å². The van der Waals surface area contributed by atoms with Crippen LogP contribution in [-0.2, 0) is 9.59 Å². The van der Waals surface area contributed by atoms with Crippen LogP contribution in [-0.4, -0.2) is 45.1 Å². The highest BCUT2D eigenvalue weighted by molar-refractivity contribution is 5.88. The molecule has 0 saturated carbocycles. The molecular formula is C28H42N2O5. The van der Waals surface area contributed by atoms with E-state index in [2.05, 4.69) is 16.4 Å². The lowest BCUT2D eigenvalue weighted by Gasteiger charge is -2.34. The van der Waals surface area contributed by atoms with Crippen LogP contribution in [0.25, 0.3) is 6.08 Å². The molecule has 1 amide bonds. The second-order valence-corrected chi connectivity index (χ2v) is 10.7. The first-order valence-corrected chi connectivity index (χ1v) is 12.4. The van der Waals surface area contributed by atoms with Gasteiger partial charge >= 0.3 is 0 Å². The summed E-state index contributed by atoms with van der Waals surface area (Å²) in [6.45, 7) is 14.6. The zero-order valence-corrected chi connectivity index (χ0v) is 22.3. The molecule has 0 unspecified atom stereocenters. The fourth-order valence-corrected chi connectivity index (χ4v) is 4.67. The van der Waals surface area contributed by atoms with Crippen molar-refractivity contribution < 1.29 is 24.2 Å². The van der Waals surface area contributed by atoms with Gasteiger partial charge in [-0.2, -0.15) is 0 Å². The minimum Gasteiger partial charge on any atom is -0.449 e. The molecule has 0 saturated heterocycles. The maximum absolute atomic E-state index is 13.2. The zero-order valence-electron chi connectivity index (χ0n) is 22.3. The number of hydrogen-bond donors (Lipinski definition) is 3. The number of nitrogens with zero attached hydrogens (tertiary/aromatic N) is 1. The lowest BCUT2D eigenvalue weighted by atomic mass is 9.73. The molecule has 194 valence electrons. The number of oxazole rings is 1. The Kier molecular flexibility index (Phi) is 9.81. The molecule has 7 heteroatoms. The number of rotatable bonds is 2. The van der Waals surface area contributed by atoms with E-state index < -0.39 is 23.5 Å². The molecule has 2 heterocycles. The molecule has 1 aromatic rings. The number of aliphatic hydroxyl groups is 2. The second kappa shape index (κ2) is 12.0. The standard InChI is InChI=1S/C28H42N2O5/c1-16-10-9-11-17(2)26(33)20(5)27(34)28(7,8)23(31)14-24(32)30-25(18(3)12-16)19(4)13-22-15-35-21(6)29-22/h9-10,12-13,15,17-18,20,23,25-26,31,33H,11,14H2,1-8H3,(H,30,32)/b10-9+,16-12-,19-13+/t17-,18-,20+,23-,25-,26-/m0/s1. The Morgan fingerprint density at radius 3 is 2.46 bits per heavy atom. The lowest BCUT2D eigenvalue weighted by Crippen LogP contribution is -2.47. The molecule has 1 aliphatic heterocycles. The number of aromatic nitrogens is 1. The number of Topliss-reactive ketones (excluding diaryl/α,β-unsaturated/α-hetero) is 1.